The molecule has 1 aromatic heterocycles. The Morgan fingerprint density at radius 3 is 3.09 bits per heavy atom. The van der Waals surface area contributed by atoms with Crippen LogP contribution in [-0.4, -0.2) is 23.0 Å². The average Bonchev–Trinajstić information content (AvgIpc) is 2.37. The van der Waals surface area contributed by atoms with Crippen molar-refractivity contribution in [2.24, 2.45) is 0 Å². The van der Waals surface area contributed by atoms with Crippen molar-refractivity contribution >= 4 is 5.69 Å². The predicted molar refractivity (Wildman–Crippen MR) is 43.1 cm³/mol. The molecule has 62 valence electrons. The number of ether oxygens (including phenoxy) is 1. The molecule has 4 nitrogen and oxygen atoms in total. The lowest BCUT2D eigenvalue weighted by Crippen LogP contribution is -2.05. The first-order valence-corrected chi connectivity index (χ1v) is 3.68. The van der Waals surface area contributed by atoms with Crippen LogP contribution in [0.1, 0.15) is 6.92 Å². The van der Waals surface area contributed by atoms with E-state index >= 15 is 0 Å². The Balaban J connectivity index is 2.27. The summed E-state index contributed by atoms with van der Waals surface area (Å²) in [6.45, 7) is 4.18. The second-order valence-corrected chi connectivity index (χ2v) is 2.23. The van der Waals surface area contributed by atoms with Crippen molar-refractivity contribution in [3.8, 4) is 0 Å². The molecule has 0 unspecified atom stereocenters. The van der Waals surface area contributed by atoms with Gasteiger partial charge < -0.3 is 10.5 Å². The molecule has 0 spiro atoms. The van der Waals surface area contributed by atoms with Gasteiger partial charge in [0.25, 0.3) is 0 Å². The van der Waals surface area contributed by atoms with Gasteiger partial charge in [-0.3, -0.25) is 4.68 Å². The fourth-order valence-corrected chi connectivity index (χ4v) is 0.804. The van der Waals surface area contributed by atoms with Crippen molar-refractivity contribution < 1.29 is 4.74 Å². The first kappa shape index (κ1) is 8.07. The molecule has 1 aromatic rings. The van der Waals surface area contributed by atoms with Crippen molar-refractivity contribution in [3.05, 3.63) is 12.4 Å². The van der Waals surface area contributed by atoms with Crippen LogP contribution in [0.5, 0.6) is 0 Å². The molecular formula is C7H13N3O. The molecule has 0 atom stereocenters. The molecule has 2 N–H and O–H groups in total. The van der Waals surface area contributed by atoms with Gasteiger partial charge in [0.15, 0.2) is 0 Å². The second kappa shape index (κ2) is 3.98. The number of nitrogens with zero attached hydrogens (tertiary/aromatic N) is 2. The molecular weight excluding hydrogens is 142 g/mol. The van der Waals surface area contributed by atoms with E-state index < -0.39 is 0 Å². The van der Waals surface area contributed by atoms with Gasteiger partial charge in [0, 0.05) is 12.8 Å². The van der Waals surface area contributed by atoms with Gasteiger partial charge in [-0.15, -0.1) is 0 Å². The van der Waals surface area contributed by atoms with E-state index in [0.29, 0.717) is 12.3 Å². The summed E-state index contributed by atoms with van der Waals surface area (Å²) in [5.41, 5.74) is 6.15. The van der Waals surface area contributed by atoms with E-state index in [1.54, 1.807) is 17.1 Å². The van der Waals surface area contributed by atoms with E-state index in [1.165, 1.54) is 0 Å². The van der Waals surface area contributed by atoms with Crippen molar-refractivity contribution in [1.29, 1.82) is 0 Å². The standard InChI is InChI=1S/C7H13N3O/c1-2-11-4-3-10-6-7(8)5-9-10/h5-6H,2-4,8H2,1H3. The lowest BCUT2D eigenvalue weighted by atomic mass is 10.6. The number of hydrogen-bond donors (Lipinski definition) is 1. The van der Waals surface area contributed by atoms with Crippen LogP contribution >= 0.6 is 0 Å². The maximum Gasteiger partial charge on any atom is 0.0719 e. The fourth-order valence-electron chi connectivity index (χ4n) is 0.804. The first-order chi connectivity index (χ1) is 5.33. The third kappa shape index (κ3) is 2.59. The van der Waals surface area contributed by atoms with Crippen LogP contribution in [-0.2, 0) is 11.3 Å². The molecule has 0 aromatic carbocycles. The van der Waals surface area contributed by atoms with Gasteiger partial charge in [-0.05, 0) is 6.92 Å². The summed E-state index contributed by atoms with van der Waals surface area (Å²) in [5.74, 6) is 0. The third-order valence-electron chi connectivity index (χ3n) is 1.32. The van der Waals surface area contributed by atoms with Crippen molar-refractivity contribution in [1.82, 2.24) is 9.78 Å². The van der Waals surface area contributed by atoms with Gasteiger partial charge in [-0.2, -0.15) is 5.10 Å². The van der Waals surface area contributed by atoms with Crippen LogP contribution in [0.2, 0.25) is 0 Å². The summed E-state index contributed by atoms with van der Waals surface area (Å²) in [7, 11) is 0. The summed E-state index contributed by atoms with van der Waals surface area (Å²) in [6, 6.07) is 0. The van der Waals surface area contributed by atoms with Crippen molar-refractivity contribution in [2.75, 3.05) is 18.9 Å². The van der Waals surface area contributed by atoms with Crippen LogP contribution < -0.4 is 5.73 Å². The molecule has 1 rings (SSSR count). The smallest absolute Gasteiger partial charge is 0.0719 e. The molecule has 0 saturated carbocycles. The largest absolute Gasteiger partial charge is 0.396 e. The van der Waals surface area contributed by atoms with Gasteiger partial charge in [0.1, 0.15) is 0 Å². The van der Waals surface area contributed by atoms with Gasteiger partial charge in [0.2, 0.25) is 0 Å². The van der Waals surface area contributed by atoms with E-state index in [9.17, 15) is 0 Å². The van der Waals surface area contributed by atoms with Gasteiger partial charge in [0.05, 0.1) is 25.0 Å². The molecule has 0 saturated heterocycles. The number of nitrogen functional groups attached to an aromatic ring is 1. The lowest BCUT2D eigenvalue weighted by Gasteiger charge is -1.99. The fraction of sp³-hybridized carbons (Fsp3) is 0.571. The van der Waals surface area contributed by atoms with Gasteiger partial charge in [-0.25, -0.2) is 0 Å². The molecule has 0 aliphatic rings. The minimum atomic E-state index is 0.692. The second-order valence-electron chi connectivity index (χ2n) is 2.23. The maximum atomic E-state index is 5.46. The van der Waals surface area contributed by atoms with Gasteiger partial charge >= 0.3 is 0 Å². The quantitative estimate of drug-likeness (QED) is 0.644. The summed E-state index contributed by atoms with van der Waals surface area (Å²) in [6.07, 6.45) is 3.42. The Bertz CT molecular complexity index is 209. The van der Waals surface area contributed by atoms with E-state index in [1.807, 2.05) is 6.92 Å². The van der Waals surface area contributed by atoms with Crippen molar-refractivity contribution in [2.45, 2.75) is 13.5 Å². The molecule has 0 bridgehead atoms. The van der Waals surface area contributed by atoms with Crippen LogP contribution in [0.4, 0.5) is 5.69 Å². The summed E-state index contributed by atoms with van der Waals surface area (Å²) in [5, 5.41) is 4.00. The first-order valence-electron chi connectivity index (χ1n) is 3.68. The number of hydrogen-bond acceptors (Lipinski definition) is 3. The monoisotopic (exact) mass is 155 g/mol. The molecule has 11 heavy (non-hydrogen) atoms. The molecule has 0 radical (unpaired) electrons. The number of aromatic nitrogens is 2. The minimum Gasteiger partial charge on any atom is -0.396 e. The van der Waals surface area contributed by atoms with Crippen LogP contribution in [0.15, 0.2) is 12.4 Å². The van der Waals surface area contributed by atoms with E-state index in [0.717, 1.165) is 13.2 Å². The highest BCUT2D eigenvalue weighted by Crippen LogP contribution is 1.96. The SMILES string of the molecule is CCOCCn1cc(N)cn1. The van der Waals surface area contributed by atoms with E-state index in [4.69, 9.17) is 10.5 Å². The zero-order chi connectivity index (χ0) is 8.10. The molecule has 0 aliphatic heterocycles. The number of rotatable bonds is 4. The summed E-state index contributed by atoms with van der Waals surface area (Å²) in [4.78, 5) is 0. The van der Waals surface area contributed by atoms with E-state index in [-0.39, 0.29) is 0 Å². The maximum absolute atomic E-state index is 5.46. The Kier molecular flexibility index (Phi) is 2.92. The Morgan fingerprint density at radius 1 is 1.73 bits per heavy atom. The normalized spacial score (nSPS) is 10.3. The minimum absolute atomic E-state index is 0.692. The molecule has 0 fully saturated rings. The van der Waals surface area contributed by atoms with E-state index in [2.05, 4.69) is 5.10 Å². The average molecular weight is 155 g/mol. The molecule has 4 heteroatoms. The van der Waals surface area contributed by atoms with Crippen LogP contribution in [0.3, 0.4) is 0 Å². The zero-order valence-electron chi connectivity index (χ0n) is 6.66. The zero-order valence-corrected chi connectivity index (χ0v) is 6.66. The van der Waals surface area contributed by atoms with Crippen LogP contribution in [0.25, 0.3) is 0 Å². The van der Waals surface area contributed by atoms with Gasteiger partial charge in [-0.1, -0.05) is 0 Å². The molecule has 1 heterocycles. The predicted octanol–water partition coefficient (Wildman–Crippen LogP) is 0.502. The van der Waals surface area contributed by atoms with Crippen molar-refractivity contribution in [3.63, 3.8) is 0 Å². The summed E-state index contributed by atoms with van der Waals surface area (Å²) < 4.78 is 6.91. The Hall–Kier alpha value is -1.03. The Labute approximate surface area is 66.0 Å². The van der Waals surface area contributed by atoms with Crippen LogP contribution in [0, 0.1) is 0 Å². The molecule has 0 aliphatic carbocycles. The Morgan fingerprint density at radius 2 is 2.55 bits per heavy atom. The highest BCUT2D eigenvalue weighted by Gasteiger charge is 1.92. The highest BCUT2D eigenvalue weighted by atomic mass is 16.5. The highest BCUT2D eigenvalue weighted by molar-refractivity contribution is 5.30. The third-order valence-corrected chi connectivity index (χ3v) is 1.32. The summed E-state index contributed by atoms with van der Waals surface area (Å²) >= 11 is 0. The molecule has 0 amide bonds. The topological polar surface area (TPSA) is 53.1 Å². The lowest BCUT2D eigenvalue weighted by molar-refractivity contribution is 0.136. The number of anilines is 1. The number of nitrogens with two attached hydrogens (primary N) is 1.